The number of carbonyl (C=O) groups excluding carboxylic acids is 2. The lowest BCUT2D eigenvalue weighted by Gasteiger charge is -2.39. The second-order valence-corrected chi connectivity index (χ2v) is 7.36. The van der Waals surface area contributed by atoms with Crippen molar-refractivity contribution in [1.29, 1.82) is 0 Å². The molecule has 5 heteroatoms. The summed E-state index contributed by atoms with van der Waals surface area (Å²) < 4.78 is 10.5. The first-order chi connectivity index (χ1) is 11.1. The molecule has 0 bridgehead atoms. The van der Waals surface area contributed by atoms with E-state index in [1.807, 2.05) is 39.8 Å². The van der Waals surface area contributed by atoms with E-state index in [1.54, 1.807) is 6.92 Å². The summed E-state index contributed by atoms with van der Waals surface area (Å²) in [5.41, 5.74) is 0.429. The molecule has 1 unspecified atom stereocenters. The maximum atomic E-state index is 12.3. The van der Waals surface area contributed by atoms with Gasteiger partial charge in [-0.1, -0.05) is 26.8 Å². The van der Waals surface area contributed by atoms with Crippen LogP contribution in [0.2, 0.25) is 0 Å². The van der Waals surface area contributed by atoms with Crippen LogP contribution in [0.25, 0.3) is 0 Å². The molecular weight excluding hydrogens is 306 g/mol. The molecule has 0 aromatic rings. The minimum Gasteiger partial charge on any atom is -0.463 e. The van der Waals surface area contributed by atoms with Gasteiger partial charge in [-0.3, -0.25) is 0 Å². The molecule has 0 radical (unpaired) electrons. The number of ether oxygens (including phenoxy) is 2. The van der Waals surface area contributed by atoms with Crippen molar-refractivity contribution in [1.82, 2.24) is 5.32 Å². The van der Waals surface area contributed by atoms with Gasteiger partial charge in [-0.05, 0) is 58.1 Å². The van der Waals surface area contributed by atoms with Crippen LogP contribution in [0, 0.1) is 5.92 Å². The van der Waals surface area contributed by atoms with Crippen LogP contribution in [0.4, 0.5) is 4.79 Å². The summed E-state index contributed by atoms with van der Waals surface area (Å²) in [6, 6.07) is 0. The number of alkyl carbamates (subject to hydrolysis) is 1. The number of carbonyl (C=O) groups is 2. The van der Waals surface area contributed by atoms with E-state index in [1.165, 1.54) is 0 Å². The van der Waals surface area contributed by atoms with Crippen LogP contribution in [0.3, 0.4) is 0 Å². The molecule has 0 saturated heterocycles. The maximum absolute atomic E-state index is 12.3. The first kappa shape index (κ1) is 20.3. The highest BCUT2D eigenvalue weighted by Crippen LogP contribution is 2.36. The average Bonchev–Trinajstić information content (AvgIpc) is 2.93. The quantitative estimate of drug-likeness (QED) is 0.740. The Morgan fingerprint density at radius 2 is 1.88 bits per heavy atom. The predicted molar refractivity (Wildman–Crippen MR) is 94.6 cm³/mol. The summed E-state index contributed by atoms with van der Waals surface area (Å²) in [5.74, 6) is -0.158. The zero-order valence-corrected chi connectivity index (χ0v) is 16.0. The lowest BCUT2D eigenvalue weighted by atomic mass is 9.77. The van der Waals surface area contributed by atoms with E-state index >= 15 is 0 Å². The lowest BCUT2D eigenvalue weighted by Crippen LogP contribution is -2.54. The van der Waals surface area contributed by atoms with E-state index < -0.39 is 17.2 Å². The van der Waals surface area contributed by atoms with Gasteiger partial charge in [0.05, 0.1) is 12.1 Å². The highest BCUT2D eigenvalue weighted by molar-refractivity contribution is 5.90. The summed E-state index contributed by atoms with van der Waals surface area (Å²) in [6.07, 6.45) is 4.62. The normalized spacial score (nSPS) is 17.0. The van der Waals surface area contributed by atoms with Crippen molar-refractivity contribution in [3.63, 3.8) is 0 Å². The molecule has 0 aromatic carbocycles. The monoisotopic (exact) mass is 337 g/mol. The molecule has 1 N–H and O–H groups in total. The van der Waals surface area contributed by atoms with Crippen molar-refractivity contribution in [2.24, 2.45) is 5.92 Å². The summed E-state index contributed by atoms with van der Waals surface area (Å²) in [7, 11) is 0. The Morgan fingerprint density at radius 3 is 2.33 bits per heavy atom. The SMILES string of the molecule is CCOC(=O)C1=CC(C(CC)(NC(=O)OC(C)(C)C)C(C)C)=CC1. The van der Waals surface area contributed by atoms with Crippen molar-refractivity contribution in [2.45, 2.75) is 72.4 Å². The van der Waals surface area contributed by atoms with Crippen LogP contribution in [0.5, 0.6) is 0 Å². The summed E-state index contributed by atoms with van der Waals surface area (Å²) in [6.45, 7) is 13.8. The molecular formula is C19H31NO4. The molecule has 0 saturated carbocycles. The Balaban J connectivity index is 3.05. The van der Waals surface area contributed by atoms with Gasteiger partial charge >= 0.3 is 12.1 Å². The van der Waals surface area contributed by atoms with E-state index in [0.717, 1.165) is 5.57 Å². The summed E-state index contributed by atoms with van der Waals surface area (Å²) >= 11 is 0. The van der Waals surface area contributed by atoms with Gasteiger partial charge in [-0.2, -0.15) is 0 Å². The van der Waals surface area contributed by atoms with Crippen molar-refractivity contribution in [2.75, 3.05) is 6.61 Å². The molecule has 5 nitrogen and oxygen atoms in total. The number of allylic oxidation sites excluding steroid dienone is 1. The fourth-order valence-corrected chi connectivity index (χ4v) is 2.94. The van der Waals surface area contributed by atoms with E-state index in [9.17, 15) is 9.59 Å². The van der Waals surface area contributed by atoms with Crippen LogP contribution < -0.4 is 5.32 Å². The zero-order valence-electron chi connectivity index (χ0n) is 16.0. The van der Waals surface area contributed by atoms with Gasteiger partial charge in [0.15, 0.2) is 0 Å². The highest BCUT2D eigenvalue weighted by atomic mass is 16.6. The number of esters is 1. The molecule has 0 fully saturated rings. The van der Waals surface area contributed by atoms with Gasteiger partial charge in [-0.25, -0.2) is 9.59 Å². The van der Waals surface area contributed by atoms with Gasteiger partial charge < -0.3 is 14.8 Å². The van der Waals surface area contributed by atoms with Gasteiger partial charge in [0.1, 0.15) is 5.60 Å². The Labute approximate surface area is 145 Å². The molecule has 1 atom stereocenters. The average molecular weight is 337 g/mol. The molecule has 0 aliphatic heterocycles. The standard InChI is InChI=1S/C19H31NO4/c1-8-19(13(3)4,20-17(22)24-18(5,6)7)15-11-10-14(12-15)16(21)23-9-2/h11-13H,8-10H2,1-7H3,(H,20,22). The third kappa shape index (κ3) is 4.86. The Hall–Kier alpha value is -1.78. The first-order valence-electron chi connectivity index (χ1n) is 8.65. The van der Waals surface area contributed by atoms with Crippen LogP contribution in [0.15, 0.2) is 23.3 Å². The lowest BCUT2D eigenvalue weighted by molar-refractivity contribution is -0.138. The van der Waals surface area contributed by atoms with Crippen molar-refractivity contribution >= 4 is 12.1 Å². The number of nitrogens with one attached hydrogen (secondary N) is 1. The molecule has 1 aliphatic rings. The van der Waals surface area contributed by atoms with Crippen LogP contribution in [-0.4, -0.2) is 29.8 Å². The van der Waals surface area contributed by atoms with Crippen molar-refractivity contribution < 1.29 is 19.1 Å². The minimum atomic E-state index is -0.573. The van der Waals surface area contributed by atoms with Crippen LogP contribution >= 0.6 is 0 Å². The Kier molecular flexibility index (Phi) is 6.64. The first-order valence-corrected chi connectivity index (χ1v) is 8.65. The Bertz CT molecular complexity index is 540. The van der Waals surface area contributed by atoms with E-state index in [-0.39, 0.29) is 11.9 Å². The molecule has 1 rings (SSSR count). The van der Waals surface area contributed by atoms with Gasteiger partial charge in [-0.15, -0.1) is 0 Å². The van der Waals surface area contributed by atoms with Gasteiger partial charge in [0, 0.05) is 5.57 Å². The molecule has 24 heavy (non-hydrogen) atoms. The highest BCUT2D eigenvalue weighted by Gasteiger charge is 2.39. The van der Waals surface area contributed by atoms with Crippen LogP contribution in [-0.2, 0) is 14.3 Å². The third-order valence-corrected chi connectivity index (χ3v) is 4.19. The molecule has 0 heterocycles. The second kappa shape index (κ2) is 7.86. The van der Waals surface area contributed by atoms with Gasteiger partial charge in [0.25, 0.3) is 0 Å². The molecule has 0 aromatic heterocycles. The molecule has 1 aliphatic carbocycles. The van der Waals surface area contributed by atoms with Crippen molar-refractivity contribution in [3.05, 3.63) is 23.3 Å². The zero-order chi connectivity index (χ0) is 18.5. The molecule has 136 valence electrons. The topological polar surface area (TPSA) is 64.6 Å². The maximum Gasteiger partial charge on any atom is 0.408 e. The smallest absolute Gasteiger partial charge is 0.408 e. The van der Waals surface area contributed by atoms with E-state index in [4.69, 9.17) is 9.47 Å². The Morgan fingerprint density at radius 1 is 1.25 bits per heavy atom. The van der Waals surface area contributed by atoms with E-state index in [0.29, 0.717) is 25.0 Å². The van der Waals surface area contributed by atoms with Crippen LogP contribution in [0.1, 0.15) is 61.3 Å². The summed E-state index contributed by atoms with van der Waals surface area (Å²) in [5, 5.41) is 3.04. The number of hydrogen-bond acceptors (Lipinski definition) is 4. The minimum absolute atomic E-state index is 0.138. The number of hydrogen-bond donors (Lipinski definition) is 1. The fraction of sp³-hybridized carbons (Fsp3) is 0.684. The fourth-order valence-electron chi connectivity index (χ4n) is 2.94. The summed E-state index contributed by atoms with van der Waals surface area (Å²) in [4.78, 5) is 24.3. The number of rotatable bonds is 6. The molecule has 1 amide bonds. The van der Waals surface area contributed by atoms with E-state index in [2.05, 4.69) is 19.2 Å². The van der Waals surface area contributed by atoms with Gasteiger partial charge in [0.2, 0.25) is 0 Å². The number of amides is 1. The predicted octanol–water partition coefficient (Wildman–Crippen LogP) is 4.14. The largest absolute Gasteiger partial charge is 0.463 e. The third-order valence-electron chi connectivity index (χ3n) is 4.19. The second-order valence-electron chi connectivity index (χ2n) is 7.36. The molecule has 0 spiro atoms. The van der Waals surface area contributed by atoms with Crippen molar-refractivity contribution in [3.8, 4) is 0 Å².